The molecule has 7 nitrogen and oxygen atoms in total. The lowest BCUT2D eigenvalue weighted by Gasteiger charge is -2.31. The molecule has 0 saturated carbocycles. The Morgan fingerprint density at radius 1 is 1.06 bits per heavy atom. The third-order valence-electron chi connectivity index (χ3n) is 6.56. The third kappa shape index (κ3) is 4.32. The average molecular weight is 482 g/mol. The molecule has 4 rings (SSSR count). The zero-order chi connectivity index (χ0) is 24.6. The van der Waals surface area contributed by atoms with Gasteiger partial charge in [0.05, 0.1) is 12.6 Å². The Labute approximate surface area is 204 Å². The molecule has 2 aromatic carbocycles. The molecule has 0 radical (unpaired) electrons. The van der Waals surface area contributed by atoms with Gasteiger partial charge in [0.1, 0.15) is 17.5 Å². The Morgan fingerprint density at radius 3 is 2.35 bits per heavy atom. The number of aliphatic hydroxyl groups excluding tert-OH is 1. The number of hydrogen-bond acceptors (Lipinski definition) is 5. The molecule has 1 saturated heterocycles. The normalized spacial score (nSPS) is 22.2. The maximum atomic E-state index is 13.7. The van der Waals surface area contributed by atoms with Gasteiger partial charge in [-0.3, -0.25) is 14.4 Å². The largest absolute Gasteiger partial charge is 0.394 e. The van der Waals surface area contributed by atoms with Gasteiger partial charge in [-0.05, 0) is 37.0 Å². The minimum absolute atomic E-state index is 0.0210. The molecule has 8 heteroatoms. The predicted molar refractivity (Wildman–Crippen MR) is 132 cm³/mol. The summed E-state index contributed by atoms with van der Waals surface area (Å²) in [6, 6.07) is 14.3. The summed E-state index contributed by atoms with van der Waals surface area (Å²) in [6.45, 7) is 7.52. The monoisotopic (exact) mass is 481 g/mol. The summed E-state index contributed by atoms with van der Waals surface area (Å²) in [6.07, 6.45) is 0. The molecule has 3 amide bonds. The van der Waals surface area contributed by atoms with Crippen molar-refractivity contribution in [2.45, 2.75) is 55.9 Å². The highest BCUT2D eigenvalue weighted by Gasteiger charge is 2.57. The van der Waals surface area contributed by atoms with Crippen LogP contribution in [-0.2, 0) is 9.59 Å². The third-order valence-corrected chi connectivity index (χ3v) is 8.09. The van der Waals surface area contributed by atoms with Gasteiger partial charge in [0.15, 0.2) is 0 Å². The van der Waals surface area contributed by atoms with Crippen LogP contribution in [-0.4, -0.2) is 51.2 Å². The van der Waals surface area contributed by atoms with Crippen molar-refractivity contribution in [2.24, 2.45) is 5.92 Å². The van der Waals surface area contributed by atoms with Crippen molar-refractivity contribution >= 4 is 29.5 Å². The van der Waals surface area contributed by atoms with E-state index >= 15 is 0 Å². The van der Waals surface area contributed by atoms with Gasteiger partial charge in [-0.1, -0.05) is 62.4 Å². The van der Waals surface area contributed by atoms with Gasteiger partial charge in [-0.2, -0.15) is 0 Å². The molecule has 34 heavy (non-hydrogen) atoms. The molecule has 0 spiro atoms. The number of carbonyl (C=O) groups is 3. The number of benzene rings is 2. The maximum Gasteiger partial charge on any atom is 0.256 e. The molecule has 1 fully saturated rings. The van der Waals surface area contributed by atoms with E-state index in [-0.39, 0.29) is 29.7 Å². The minimum atomic E-state index is -0.957. The smallest absolute Gasteiger partial charge is 0.256 e. The summed E-state index contributed by atoms with van der Waals surface area (Å²) in [5, 5.41) is 15.2. The van der Waals surface area contributed by atoms with Gasteiger partial charge in [0.25, 0.3) is 5.91 Å². The lowest BCUT2D eigenvalue weighted by Crippen LogP contribution is -2.55. The van der Waals surface area contributed by atoms with Crippen molar-refractivity contribution in [1.29, 1.82) is 0 Å². The van der Waals surface area contributed by atoms with Crippen LogP contribution in [0.4, 0.5) is 0 Å². The van der Waals surface area contributed by atoms with Crippen LogP contribution in [0.25, 0.3) is 0 Å². The molecule has 1 unspecified atom stereocenters. The van der Waals surface area contributed by atoms with Crippen LogP contribution in [0.1, 0.15) is 60.6 Å². The van der Waals surface area contributed by atoms with Crippen molar-refractivity contribution in [1.82, 2.24) is 15.5 Å². The van der Waals surface area contributed by atoms with Crippen molar-refractivity contribution in [2.75, 3.05) is 6.61 Å². The summed E-state index contributed by atoms with van der Waals surface area (Å²) in [5.74, 6) is -0.925. The van der Waals surface area contributed by atoms with Gasteiger partial charge < -0.3 is 20.6 Å². The Morgan fingerprint density at radius 2 is 1.71 bits per heavy atom. The Kier molecular flexibility index (Phi) is 6.73. The average Bonchev–Trinajstić information content (AvgIpc) is 3.24. The van der Waals surface area contributed by atoms with Gasteiger partial charge in [-0.25, -0.2) is 0 Å². The highest BCUT2D eigenvalue weighted by Crippen LogP contribution is 2.56. The number of nitrogens with one attached hydrogen (secondary N) is 2. The summed E-state index contributed by atoms with van der Waals surface area (Å²) in [7, 11) is 0. The van der Waals surface area contributed by atoms with Gasteiger partial charge >= 0.3 is 0 Å². The molecular formula is C26H31N3O4S. The number of amides is 3. The van der Waals surface area contributed by atoms with Crippen LogP contribution in [0, 0.1) is 5.92 Å². The first-order chi connectivity index (χ1) is 16.2. The number of carbonyl (C=O) groups excluding carboxylic acids is 3. The fourth-order valence-corrected chi connectivity index (χ4v) is 6.25. The van der Waals surface area contributed by atoms with E-state index in [1.54, 1.807) is 47.0 Å². The van der Waals surface area contributed by atoms with Gasteiger partial charge in [-0.15, -0.1) is 11.8 Å². The number of aliphatic hydroxyl groups is 1. The number of hydrogen-bond donors (Lipinski definition) is 3. The van der Waals surface area contributed by atoms with Crippen LogP contribution in [0.5, 0.6) is 0 Å². The molecule has 4 atom stereocenters. The van der Waals surface area contributed by atoms with E-state index in [0.717, 1.165) is 5.56 Å². The Balaban J connectivity index is 1.62. The molecular weight excluding hydrogens is 450 g/mol. The second-order valence-electron chi connectivity index (χ2n) is 9.67. The molecule has 0 bridgehead atoms. The van der Waals surface area contributed by atoms with Crippen LogP contribution in [0.15, 0.2) is 54.6 Å². The van der Waals surface area contributed by atoms with Crippen LogP contribution in [0.3, 0.4) is 0 Å². The van der Waals surface area contributed by atoms with E-state index in [1.807, 2.05) is 52.0 Å². The molecule has 2 aliphatic heterocycles. The Bertz CT molecular complexity index is 1090. The van der Waals surface area contributed by atoms with Crippen molar-refractivity contribution in [3.8, 4) is 0 Å². The standard InChI is InChI=1S/C26H31N3O4S/c1-15(2)19(14-30)27-22(31)20(16-10-6-5-7-11-16)28-23(32)21-26(3,4)34-25-18-13-9-8-12-17(18)24(33)29(21)25/h5-13,15,19-21,25,30H,14H2,1-4H3,(H,27,31)(H,28,32)/t19-,20+,21-,25?/m1/s1. The van der Waals surface area contributed by atoms with E-state index in [9.17, 15) is 19.5 Å². The minimum Gasteiger partial charge on any atom is -0.394 e. The molecule has 180 valence electrons. The van der Waals surface area contributed by atoms with Crippen molar-refractivity contribution in [3.05, 3.63) is 71.3 Å². The van der Waals surface area contributed by atoms with Gasteiger partial charge in [0.2, 0.25) is 11.8 Å². The van der Waals surface area contributed by atoms with Crippen molar-refractivity contribution < 1.29 is 19.5 Å². The topological polar surface area (TPSA) is 98.7 Å². The zero-order valence-corrected chi connectivity index (χ0v) is 20.6. The van der Waals surface area contributed by atoms with Crippen LogP contribution < -0.4 is 10.6 Å². The number of rotatable bonds is 7. The summed E-state index contributed by atoms with van der Waals surface area (Å²) >= 11 is 1.58. The predicted octanol–water partition coefficient (Wildman–Crippen LogP) is 3.03. The first kappa shape index (κ1) is 24.3. The summed E-state index contributed by atoms with van der Waals surface area (Å²) in [5.41, 5.74) is 2.17. The van der Waals surface area contributed by atoms with Crippen LogP contribution in [0.2, 0.25) is 0 Å². The number of thioether (sulfide) groups is 1. The number of nitrogens with zero attached hydrogens (tertiary/aromatic N) is 1. The van der Waals surface area contributed by atoms with E-state index in [2.05, 4.69) is 10.6 Å². The van der Waals surface area contributed by atoms with E-state index in [1.165, 1.54) is 0 Å². The molecule has 2 heterocycles. The lowest BCUT2D eigenvalue weighted by molar-refractivity contribution is -0.132. The molecule has 2 aliphatic rings. The first-order valence-electron chi connectivity index (χ1n) is 11.5. The lowest BCUT2D eigenvalue weighted by atomic mass is 9.98. The van der Waals surface area contributed by atoms with Gasteiger partial charge in [0, 0.05) is 10.3 Å². The van der Waals surface area contributed by atoms with E-state index < -0.39 is 28.8 Å². The summed E-state index contributed by atoms with van der Waals surface area (Å²) < 4.78 is -0.554. The van der Waals surface area contributed by atoms with E-state index in [4.69, 9.17) is 0 Å². The molecule has 2 aromatic rings. The second kappa shape index (κ2) is 9.43. The fourth-order valence-electron chi connectivity index (χ4n) is 4.66. The molecule has 0 aliphatic carbocycles. The van der Waals surface area contributed by atoms with Crippen molar-refractivity contribution in [3.63, 3.8) is 0 Å². The van der Waals surface area contributed by atoms with E-state index in [0.29, 0.717) is 11.1 Å². The first-order valence-corrected chi connectivity index (χ1v) is 12.4. The quantitative estimate of drug-likeness (QED) is 0.565. The van der Waals surface area contributed by atoms with Crippen LogP contribution >= 0.6 is 11.8 Å². The second-order valence-corrected chi connectivity index (χ2v) is 11.4. The fraction of sp³-hybridized carbons (Fsp3) is 0.423. The zero-order valence-electron chi connectivity index (χ0n) is 19.8. The molecule has 0 aromatic heterocycles. The molecule has 3 N–H and O–H groups in total. The number of fused-ring (bicyclic) bond motifs is 3. The maximum absolute atomic E-state index is 13.7. The Hall–Kier alpha value is -2.84. The highest BCUT2D eigenvalue weighted by molar-refractivity contribution is 8.01. The summed E-state index contributed by atoms with van der Waals surface area (Å²) in [4.78, 5) is 41.9. The SMILES string of the molecule is CC(C)[C@@H](CO)NC(=O)[C@@H](NC(=O)[C@H]1N2C(=O)c3ccccc3C2SC1(C)C)c1ccccc1. The highest BCUT2D eigenvalue weighted by atomic mass is 32.2.